The lowest BCUT2D eigenvalue weighted by molar-refractivity contribution is 0.172. The summed E-state index contributed by atoms with van der Waals surface area (Å²) in [6, 6.07) is 2.47. The molecule has 2 aliphatic heterocycles. The first kappa shape index (κ1) is 12.0. The molecule has 17 heavy (non-hydrogen) atoms. The van der Waals surface area contributed by atoms with Crippen LogP contribution in [0.4, 0.5) is 0 Å². The lowest BCUT2D eigenvalue weighted by atomic mass is 9.94. The van der Waals surface area contributed by atoms with Crippen molar-refractivity contribution in [1.82, 2.24) is 10.2 Å². The van der Waals surface area contributed by atoms with Crippen molar-refractivity contribution >= 4 is 0 Å². The maximum absolute atomic E-state index is 4.02. The molecule has 0 radical (unpaired) electrons. The van der Waals surface area contributed by atoms with E-state index >= 15 is 0 Å². The quantitative estimate of drug-likeness (QED) is 0.793. The molecule has 98 valence electrons. The molecule has 2 heterocycles. The molecule has 1 saturated carbocycles. The second-order valence-electron chi connectivity index (χ2n) is 6.68. The van der Waals surface area contributed by atoms with E-state index < -0.39 is 0 Å². The first-order valence-corrected chi connectivity index (χ1v) is 7.76. The number of hydrogen-bond acceptors (Lipinski definition) is 2. The van der Waals surface area contributed by atoms with Crippen LogP contribution in [-0.4, -0.2) is 36.1 Å². The molecular formula is C15H28N2. The van der Waals surface area contributed by atoms with Gasteiger partial charge in [-0.1, -0.05) is 20.3 Å². The fourth-order valence-electron chi connectivity index (χ4n) is 4.32. The Bertz CT molecular complexity index is 266. The van der Waals surface area contributed by atoms with E-state index in [0.717, 1.165) is 30.0 Å². The average molecular weight is 236 g/mol. The van der Waals surface area contributed by atoms with Crippen molar-refractivity contribution in [2.75, 3.05) is 13.1 Å². The SMILES string of the molecule is CC1CCC(NC2CCN3CCCCC23)C1C. The van der Waals surface area contributed by atoms with Crippen molar-refractivity contribution in [1.29, 1.82) is 0 Å². The average Bonchev–Trinajstić information content (AvgIpc) is 2.89. The first-order valence-electron chi connectivity index (χ1n) is 7.76. The molecule has 1 N–H and O–H groups in total. The van der Waals surface area contributed by atoms with Gasteiger partial charge in [-0.05, 0) is 50.5 Å². The Balaban J connectivity index is 1.58. The summed E-state index contributed by atoms with van der Waals surface area (Å²) in [6.07, 6.45) is 8.55. The van der Waals surface area contributed by atoms with Crippen molar-refractivity contribution < 1.29 is 0 Å². The van der Waals surface area contributed by atoms with E-state index in [-0.39, 0.29) is 0 Å². The molecule has 0 bridgehead atoms. The van der Waals surface area contributed by atoms with E-state index in [1.165, 1.54) is 51.6 Å². The molecule has 0 aromatic heterocycles. The number of hydrogen-bond donors (Lipinski definition) is 1. The van der Waals surface area contributed by atoms with Crippen LogP contribution in [0.25, 0.3) is 0 Å². The Morgan fingerprint density at radius 1 is 0.882 bits per heavy atom. The van der Waals surface area contributed by atoms with Crippen molar-refractivity contribution in [2.45, 2.75) is 70.5 Å². The summed E-state index contributed by atoms with van der Waals surface area (Å²) in [6.45, 7) is 7.58. The zero-order valence-electron chi connectivity index (χ0n) is 11.5. The van der Waals surface area contributed by atoms with Crippen LogP contribution in [0.3, 0.4) is 0 Å². The molecule has 2 heteroatoms. The molecule has 3 rings (SSSR count). The molecule has 2 saturated heterocycles. The lowest BCUT2D eigenvalue weighted by Gasteiger charge is -2.34. The molecule has 5 atom stereocenters. The molecule has 1 aliphatic carbocycles. The van der Waals surface area contributed by atoms with E-state index in [9.17, 15) is 0 Å². The van der Waals surface area contributed by atoms with E-state index in [1.54, 1.807) is 0 Å². The second kappa shape index (κ2) is 4.89. The van der Waals surface area contributed by atoms with Crippen molar-refractivity contribution in [3.63, 3.8) is 0 Å². The monoisotopic (exact) mass is 236 g/mol. The minimum absolute atomic E-state index is 0.799. The molecule has 2 nitrogen and oxygen atoms in total. The van der Waals surface area contributed by atoms with Gasteiger partial charge in [-0.2, -0.15) is 0 Å². The standard InChI is InChI=1S/C15H28N2/c1-11-6-7-13(12(11)2)16-14-8-10-17-9-4-3-5-15(14)17/h11-16H,3-10H2,1-2H3. The largest absolute Gasteiger partial charge is 0.309 e. The maximum atomic E-state index is 4.02. The molecule has 0 spiro atoms. The summed E-state index contributed by atoms with van der Waals surface area (Å²) >= 11 is 0. The van der Waals surface area contributed by atoms with Gasteiger partial charge in [0.2, 0.25) is 0 Å². The molecular weight excluding hydrogens is 208 g/mol. The van der Waals surface area contributed by atoms with Gasteiger partial charge in [0.15, 0.2) is 0 Å². The Hall–Kier alpha value is -0.0800. The van der Waals surface area contributed by atoms with Gasteiger partial charge in [0, 0.05) is 24.7 Å². The van der Waals surface area contributed by atoms with Gasteiger partial charge >= 0.3 is 0 Å². The predicted molar refractivity (Wildman–Crippen MR) is 72.1 cm³/mol. The minimum Gasteiger partial charge on any atom is -0.309 e. The molecule has 3 fully saturated rings. The smallest absolute Gasteiger partial charge is 0.0249 e. The topological polar surface area (TPSA) is 15.3 Å². The summed E-state index contributed by atoms with van der Waals surface area (Å²) in [5, 5.41) is 4.02. The van der Waals surface area contributed by atoms with E-state index in [1.807, 2.05) is 0 Å². The molecule has 0 aromatic carbocycles. The summed E-state index contributed by atoms with van der Waals surface area (Å²) in [7, 11) is 0. The van der Waals surface area contributed by atoms with Gasteiger partial charge in [0.1, 0.15) is 0 Å². The van der Waals surface area contributed by atoms with Crippen LogP contribution < -0.4 is 5.32 Å². The highest BCUT2D eigenvalue weighted by molar-refractivity contribution is 4.97. The third-order valence-corrected chi connectivity index (χ3v) is 5.75. The Morgan fingerprint density at radius 2 is 1.76 bits per heavy atom. The number of nitrogens with one attached hydrogen (secondary N) is 1. The van der Waals surface area contributed by atoms with E-state index in [0.29, 0.717) is 0 Å². The Kier molecular flexibility index (Phi) is 3.45. The van der Waals surface area contributed by atoms with Gasteiger partial charge in [-0.25, -0.2) is 0 Å². The summed E-state index contributed by atoms with van der Waals surface area (Å²) in [5.41, 5.74) is 0. The van der Waals surface area contributed by atoms with E-state index in [4.69, 9.17) is 0 Å². The zero-order chi connectivity index (χ0) is 11.8. The second-order valence-corrected chi connectivity index (χ2v) is 6.68. The molecule has 3 aliphatic rings. The summed E-state index contributed by atoms with van der Waals surface area (Å²) in [5.74, 6) is 1.81. The highest BCUT2D eigenvalue weighted by Gasteiger charge is 2.38. The van der Waals surface area contributed by atoms with Gasteiger partial charge in [0.25, 0.3) is 0 Å². The van der Waals surface area contributed by atoms with Crippen LogP contribution in [0.5, 0.6) is 0 Å². The van der Waals surface area contributed by atoms with Crippen LogP contribution in [0.15, 0.2) is 0 Å². The summed E-state index contributed by atoms with van der Waals surface area (Å²) in [4.78, 5) is 2.74. The Labute approximate surface area is 106 Å². The highest BCUT2D eigenvalue weighted by Crippen LogP contribution is 2.34. The molecule has 0 aromatic rings. The highest BCUT2D eigenvalue weighted by atomic mass is 15.2. The van der Waals surface area contributed by atoms with E-state index in [2.05, 4.69) is 24.1 Å². The van der Waals surface area contributed by atoms with Gasteiger partial charge in [0.05, 0.1) is 0 Å². The first-order chi connectivity index (χ1) is 8.25. The number of fused-ring (bicyclic) bond motifs is 1. The summed E-state index contributed by atoms with van der Waals surface area (Å²) < 4.78 is 0. The predicted octanol–water partition coefficient (Wildman–Crippen LogP) is 2.64. The van der Waals surface area contributed by atoms with Gasteiger partial charge in [-0.15, -0.1) is 0 Å². The molecule has 5 unspecified atom stereocenters. The van der Waals surface area contributed by atoms with Crippen LogP contribution in [0, 0.1) is 11.8 Å². The fraction of sp³-hybridized carbons (Fsp3) is 1.00. The number of rotatable bonds is 2. The van der Waals surface area contributed by atoms with Crippen LogP contribution in [0.1, 0.15) is 52.4 Å². The number of nitrogens with zero attached hydrogens (tertiary/aromatic N) is 1. The van der Waals surface area contributed by atoms with Gasteiger partial charge < -0.3 is 5.32 Å². The third kappa shape index (κ3) is 2.26. The molecule has 0 amide bonds. The van der Waals surface area contributed by atoms with Crippen molar-refractivity contribution in [3.8, 4) is 0 Å². The Morgan fingerprint density at radius 3 is 2.53 bits per heavy atom. The lowest BCUT2D eigenvalue weighted by Crippen LogP contribution is -2.49. The van der Waals surface area contributed by atoms with Crippen LogP contribution in [-0.2, 0) is 0 Å². The fourth-order valence-corrected chi connectivity index (χ4v) is 4.32. The maximum Gasteiger partial charge on any atom is 0.0249 e. The van der Waals surface area contributed by atoms with Gasteiger partial charge in [-0.3, -0.25) is 4.90 Å². The zero-order valence-corrected chi connectivity index (χ0v) is 11.5. The number of piperidine rings is 1. The third-order valence-electron chi connectivity index (χ3n) is 5.75. The van der Waals surface area contributed by atoms with Crippen LogP contribution >= 0.6 is 0 Å². The van der Waals surface area contributed by atoms with Crippen molar-refractivity contribution in [3.05, 3.63) is 0 Å². The van der Waals surface area contributed by atoms with Crippen molar-refractivity contribution in [2.24, 2.45) is 11.8 Å². The normalized spacial score (nSPS) is 47.3. The van der Waals surface area contributed by atoms with Crippen LogP contribution in [0.2, 0.25) is 0 Å². The minimum atomic E-state index is 0.799.